The number of carbonyl (C=O) groups is 2. The lowest BCUT2D eigenvalue weighted by Crippen LogP contribution is -2.34. The highest BCUT2D eigenvalue weighted by Gasteiger charge is 2.15. The Kier molecular flexibility index (Phi) is 9.57. The van der Waals surface area contributed by atoms with E-state index in [1.807, 2.05) is 0 Å². The summed E-state index contributed by atoms with van der Waals surface area (Å²) in [6.45, 7) is 7.83. The minimum Gasteiger partial charge on any atom is -0.444 e. The van der Waals surface area contributed by atoms with Crippen LogP contribution in [0.3, 0.4) is 0 Å². The Morgan fingerprint density at radius 2 is 1.68 bits per heavy atom. The van der Waals surface area contributed by atoms with Crippen LogP contribution in [0.15, 0.2) is 24.3 Å². The summed E-state index contributed by atoms with van der Waals surface area (Å²) in [6.07, 6.45) is -0.459. The van der Waals surface area contributed by atoms with E-state index in [0.717, 1.165) is 0 Å². The van der Waals surface area contributed by atoms with Crippen LogP contribution in [0.2, 0.25) is 0 Å². The lowest BCUT2D eigenvalue weighted by molar-refractivity contribution is 0.0400. The predicted molar refractivity (Wildman–Crippen MR) is 93.5 cm³/mol. The SMILES string of the molecule is CC(C)(C)OC(=O)NCCOCCOCCNC(=O)c1c[c]ccc1. The van der Waals surface area contributed by atoms with Gasteiger partial charge in [0.1, 0.15) is 5.60 Å². The molecule has 0 saturated carbocycles. The van der Waals surface area contributed by atoms with E-state index in [4.69, 9.17) is 14.2 Å². The minimum atomic E-state index is -0.507. The van der Waals surface area contributed by atoms with Gasteiger partial charge in [-0.25, -0.2) is 4.79 Å². The molecule has 1 aromatic carbocycles. The van der Waals surface area contributed by atoms with Crippen LogP contribution in [0.5, 0.6) is 0 Å². The third-order valence-electron chi connectivity index (χ3n) is 2.79. The van der Waals surface area contributed by atoms with E-state index in [1.165, 1.54) is 0 Å². The molecule has 2 amide bonds. The van der Waals surface area contributed by atoms with Crippen LogP contribution >= 0.6 is 0 Å². The maximum absolute atomic E-state index is 11.7. The molecule has 1 radical (unpaired) electrons. The molecule has 0 aromatic heterocycles. The normalized spacial score (nSPS) is 11.0. The van der Waals surface area contributed by atoms with Crippen LogP contribution in [0, 0.1) is 6.07 Å². The Balaban J connectivity index is 1.91. The van der Waals surface area contributed by atoms with Crippen molar-refractivity contribution in [3.05, 3.63) is 35.9 Å². The number of amides is 2. The van der Waals surface area contributed by atoms with Crippen molar-refractivity contribution in [1.82, 2.24) is 10.6 Å². The third kappa shape index (κ3) is 11.1. The highest BCUT2D eigenvalue weighted by Crippen LogP contribution is 2.06. The first-order valence-corrected chi connectivity index (χ1v) is 8.25. The molecule has 7 nitrogen and oxygen atoms in total. The van der Waals surface area contributed by atoms with Crippen molar-refractivity contribution in [3.8, 4) is 0 Å². The average Bonchev–Trinajstić information content (AvgIpc) is 2.55. The molecule has 0 heterocycles. The van der Waals surface area contributed by atoms with Gasteiger partial charge in [0, 0.05) is 18.7 Å². The number of alkyl carbamates (subject to hydrolysis) is 1. The smallest absolute Gasteiger partial charge is 0.407 e. The zero-order valence-corrected chi connectivity index (χ0v) is 15.1. The van der Waals surface area contributed by atoms with Gasteiger partial charge in [-0.1, -0.05) is 12.1 Å². The van der Waals surface area contributed by atoms with Crippen molar-refractivity contribution in [2.45, 2.75) is 26.4 Å². The van der Waals surface area contributed by atoms with Crippen LogP contribution in [-0.2, 0) is 14.2 Å². The molecule has 0 saturated heterocycles. The topological polar surface area (TPSA) is 85.9 Å². The van der Waals surface area contributed by atoms with Crippen LogP contribution in [-0.4, -0.2) is 57.1 Å². The summed E-state index contributed by atoms with van der Waals surface area (Å²) >= 11 is 0. The zero-order chi connectivity index (χ0) is 18.5. The molecule has 0 fully saturated rings. The Morgan fingerprint density at radius 3 is 2.24 bits per heavy atom. The zero-order valence-electron chi connectivity index (χ0n) is 15.1. The number of ether oxygens (including phenoxy) is 3. The van der Waals surface area contributed by atoms with Crippen molar-refractivity contribution in [3.63, 3.8) is 0 Å². The summed E-state index contributed by atoms with van der Waals surface area (Å²) < 4.78 is 15.8. The van der Waals surface area contributed by atoms with Gasteiger partial charge in [0.2, 0.25) is 0 Å². The van der Waals surface area contributed by atoms with Gasteiger partial charge in [-0.05, 0) is 39.0 Å². The van der Waals surface area contributed by atoms with Crippen molar-refractivity contribution in [1.29, 1.82) is 0 Å². The van der Waals surface area contributed by atoms with Crippen LogP contribution < -0.4 is 10.6 Å². The van der Waals surface area contributed by atoms with Crippen LogP contribution in [0.1, 0.15) is 31.1 Å². The maximum Gasteiger partial charge on any atom is 0.407 e. The van der Waals surface area contributed by atoms with Gasteiger partial charge in [0.15, 0.2) is 0 Å². The second-order valence-electron chi connectivity index (χ2n) is 6.20. The van der Waals surface area contributed by atoms with E-state index >= 15 is 0 Å². The Labute approximate surface area is 149 Å². The number of hydrogen-bond acceptors (Lipinski definition) is 5. The molecule has 1 rings (SSSR count). The minimum absolute atomic E-state index is 0.148. The maximum atomic E-state index is 11.7. The molecular weight excluding hydrogens is 324 g/mol. The predicted octanol–water partition coefficient (Wildman–Crippen LogP) is 1.77. The summed E-state index contributed by atoms with van der Waals surface area (Å²) in [6, 6.07) is 9.72. The molecule has 0 bridgehead atoms. The molecule has 0 atom stereocenters. The number of carbonyl (C=O) groups excluding carboxylic acids is 2. The Bertz CT molecular complexity index is 514. The molecule has 7 heteroatoms. The molecule has 1 aromatic rings. The molecule has 0 unspecified atom stereocenters. The first kappa shape index (κ1) is 20.9. The lowest BCUT2D eigenvalue weighted by atomic mass is 10.2. The lowest BCUT2D eigenvalue weighted by Gasteiger charge is -2.19. The second-order valence-corrected chi connectivity index (χ2v) is 6.20. The highest BCUT2D eigenvalue weighted by atomic mass is 16.6. The molecule has 0 aliphatic heterocycles. The first-order valence-electron chi connectivity index (χ1n) is 8.25. The highest BCUT2D eigenvalue weighted by molar-refractivity contribution is 5.94. The van der Waals surface area contributed by atoms with E-state index in [9.17, 15) is 9.59 Å². The molecular formula is C18H27N2O5. The fraction of sp³-hybridized carbons (Fsp3) is 0.556. The van der Waals surface area contributed by atoms with Gasteiger partial charge in [0.05, 0.1) is 26.4 Å². The summed E-state index contributed by atoms with van der Waals surface area (Å²) in [7, 11) is 0. The van der Waals surface area contributed by atoms with E-state index in [2.05, 4.69) is 16.7 Å². The van der Waals surface area contributed by atoms with Crippen molar-refractivity contribution >= 4 is 12.0 Å². The molecule has 25 heavy (non-hydrogen) atoms. The van der Waals surface area contributed by atoms with Gasteiger partial charge in [-0.3, -0.25) is 4.79 Å². The van der Waals surface area contributed by atoms with Crippen molar-refractivity contribution in [2.75, 3.05) is 39.5 Å². The molecule has 0 aliphatic carbocycles. The van der Waals surface area contributed by atoms with E-state index in [-0.39, 0.29) is 5.91 Å². The monoisotopic (exact) mass is 351 g/mol. The third-order valence-corrected chi connectivity index (χ3v) is 2.79. The van der Waals surface area contributed by atoms with E-state index in [1.54, 1.807) is 45.0 Å². The van der Waals surface area contributed by atoms with Gasteiger partial charge in [-0.2, -0.15) is 0 Å². The van der Waals surface area contributed by atoms with Crippen molar-refractivity contribution in [2.24, 2.45) is 0 Å². The summed E-state index contributed by atoms with van der Waals surface area (Å²) in [4.78, 5) is 23.1. The van der Waals surface area contributed by atoms with E-state index < -0.39 is 11.7 Å². The standard InChI is InChI=1S/C18H27N2O5/c1-18(2,3)25-17(22)20-10-12-24-14-13-23-11-9-19-16(21)15-7-5-4-6-8-15/h4-5,7-8H,9-14H2,1-3H3,(H,19,21)(H,20,22). The second kappa shape index (κ2) is 11.4. The van der Waals surface area contributed by atoms with Gasteiger partial charge in [0.25, 0.3) is 5.91 Å². The van der Waals surface area contributed by atoms with Gasteiger partial charge < -0.3 is 24.8 Å². The molecule has 0 aliphatic rings. The number of rotatable bonds is 10. The van der Waals surface area contributed by atoms with Crippen LogP contribution in [0.4, 0.5) is 4.79 Å². The quantitative estimate of drug-likeness (QED) is 0.628. The fourth-order valence-corrected chi connectivity index (χ4v) is 1.73. The Hall–Kier alpha value is -2.12. The van der Waals surface area contributed by atoms with Crippen molar-refractivity contribution < 1.29 is 23.8 Å². The summed E-state index contributed by atoms with van der Waals surface area (Å²) in [5.41, 5.74) is 0.0655. The summed E-state index contributed by atoms with van der Waals surface area (Å²) in [5, 5.41) is 5.36. The number of hydrogen-bond donors (Lipinski definition) is 2. The average molecular weight is 351 g/mol. The molecule has 0 spiro atoms. The number of benzene rings is 1. The number of nitrogens with one attached hydrogen (secondary N) is 2. The van der Waals surface area contributed by atoms with Crippen LogP contribution in [0.25, 0.3) is 0 Å². The molecule has 139 valence electrons. The van der Waals surface area contributed by atoms with E-state index in [0.29, 0.717) is 45.1 Å². The molecule has 2 N–H and O–H groups in total. The first-order chi connectivity index (χ1) is 11.9. The Morgan fingerprint density at radius 1 is 1.04 bits per heavy atom. The largest absolute Gasteiger partial charge is 0.444 e. The van der Waals surface area contributed by atoms with Gasteiger partial charge >= 0.3 is 6.09 Å². The summed E-state index contributed by atoms with van der Waals surface area (Å²) in [5.74, 6) is -0.148. The van der Waals surface area contributed by atoms with Gasteiger partial charge in [-0.15, -0.1) is 0 Å². The fourth-order valence-electron chi connectivity index (χ4n) is 1.73.